The zero-order valence-electron chi connectivity index (χ0n) is 14.1. The van der Waals surface area contributed by atoms with Crippen molar-refractivity contribution in [3.63, 3.8) is 0 Å². The molecule has 0 radical (unpaired) electrons. The smallest absolute Gasteiger partial charge is 0.229 e. The van der Waals surface area contributed by atoms with Gasteiger partial charge in [0.15, 0.2) is 0 Å². The van der Waals surface area contributed by atoms with Crippen molar-refractivity contribution < 1.29 is 9.47 Å². The Hall–Kier alpha value is -2.66. The van der Waals surface area contributed by atoms with E-state index in [1.807, 2.05) is 18.2 Å². The van der Waals surface area contributed by atoms with Gasteiger partial charge in [-0.2, -0.15) is 0 Å². The Morgan fingerprint density at radius 3 is 2.88 bits per heavy atom. The average Bonchev–Trinajstić information content (AvgIpc) is 3.11. The van der Waals surface area contributed by atoms with Crippen LogP contribution in [-0.2, 0) is 9.47 Å². The fourth-order valence-corrected chi connectivity index (χ4v) is 3.44. The van der Waals surface area contributed by atoms with Crippen LogP contribution in [0.5, 0.6) is 0 Å². The molecule has 2 aromatic rings. The lowest BCUT2D eigenvalue weighted by atomic mass is 9.90. The molecule has 2 aliphatic rings. The van der Waals surface area contributed by atoms with Crippen LogP contribution in [0.1, 0.15) is 24.3 Å². The lowest BCUT2D eigenvalue weighted by Gasteiger charge is -2.22. The number of piperidine rings is 1. The third-order valence-corrected chi connectivity index (χ3v) is 4.71. The standard InChI is InChI=1S/C20H23N3O2/c1-2-16(7-11-25-14-24-10-1)23-17-3-4-18-19(13-22-20(18)12-17)15-5-8-21-9-6-15/h1-4,7,10-13,15,21-23H,5-6,8-9,14H2/b10-1+,11-7-,16-2+. The molecule has 0 bridgehead atoms. The topological polar surface area (TPSA) is 58.3 Å². The minimum Gasteiger partial charge on any atom is -0.465 e. The van der Waals surface area contributed by atoms with Crippen LogP contribution in [0.25, 0.3) is 10.9 Å². The number of aromatic nitrogens is 1. The number of hydrogen-bond acceptors (Lipinski definition) is 4. The predicted molar refractivity (Wildman–Crippen MR) is 100 cm³/mol. The van der Waals surface area contributed by atoms with Crippen molar-refractivity contribution in [2.45, 2.75) is 18.8 Å². The highest BCUT2D eigenvalue weighted by molar-refractivity contribution is 5.87. The zero-order chi connectivity index (χ0) is 16.9. The summed E-state index contributed by atoms with van der Waals surface area (Å²) in [6.07, 6.45) is 13.5. The average molecular weight is 337 g/mol. The molecule has 4 rings (SSSR count). The third-order valence-electron chi connectivity index (χ3n) is 4.71. The van der Waals surface area contributed by atoms with E-state index >= 15 is 0 Å². The van der Waals surface area contributed by atoms with Gasteiger partial charge in [-0.15, -0.1) is 0 Å². The zero-order valence-corrected chi connectivity index (χ0v) is 14.1. The van der Waals surface area contributed by atoms with Gasteiger partial charge in [0.25, 0.3) is 0 Å². The molecule has 0 unspecified atom stereocenters. The fraction of sp³-hybridized carbons (Fsp3) is 0.300. The van der Waals surface area contributed by atoms with E-state index < -0.39 is 0 Å². The molecule has 5 nitrogen and oxygen atoms in total. The molecule has 1 saturated heterocycles. The maximum atomic E-state index is 5.22. The number of anilines is 1. The van der Waals surface area contributed by atoms with Crippen molar-refractivity contribution in [2.75, 3.05) is 25.2 Å². The molecular weight excluding hydrogens is 314 g/mol. The van der Waals surface area contributed by atoms with E-state index in [9.17, 15) is 0 Å². The Balaban J connectivity index is 1.56. The van der Waals surface area contributed by atoms with E-state index in [1.54, 1.807) is 12.5 Å². The van der Waals surface area contributed by atoms with Gasteiger partial charge in [0, 0.05) is 28.5 Å². The van der Waals surface area contributed by atoms with E-state index in [1.165, 1.54) is 29.3 Å². The van der Waals surface area contributed by atoms with Gasteiger partial charge in [-0.25, -0.2) is 0 Å². The normalized spacial score (nSPS) is 23.3. The van der Waals surface area contributed by atoms with Crippen LogP contribution in [-0.4, -0.2) is 24.9 Å². The van der Waals surface area contributed by atoms with Crippen molar-refractivity contribution in [1.29, 1.82) is 0 Å². The molecule has 0 aliphatic carbocycles. The largest absolute Gasteiger partial charge is 0.465 e. The number of fused-ring (bicyclic) bond motifs is 1. The summed E-state index contributed by atoms with van der Waals surface area (Å²) in [4.78, 5) is 3.44. The number of aromatic amines is 1. The molecule has 5 heteroatoms. The highest BCUT2D eigenvalue weighted by Crippen LogP contribution is 2.32. The molecular formula is C20H23N3O2. The maximum absolute atomic E-state index is 5.22. The summed E-state index contributed by atoms with van der Waals surface area (Å²) in [7, 11) is 0. The molecule has 1 aromatic heterocycles. The van der Waals surface area contributed by atoms with Gasteiger partial charge in [0.05, 0.1) is 12.5 Å². The molecule has 0 spiro atoms. The Labute approximate surface area is 147 Å². The first-order valence-electron chi connectivity index (χ1n) is 8.75. The second-order valence-electron chi connectivity index (χ2n) is 6.36. The number of benzene rings is 1. The number of hydrogen-bond donors (Lipinski definition) is 3. The van der Waals surface area contributed by atoms with Gasteiger partial charge in [-0.1, -0.05) is 6.07 Å². The minimum absolute atomic E-state index is 0.224. The summed E-state index contributed by atoms with van der Waals surface area (Å²) in [5.74, 6) is 0.649. The van der Waals surface area contributed by atoms with Gasteiger partial charge >= 0.3 is 0 Å². The van der Waals surface area contributed by atoms with Gasteiger partial charge in [0.2, 0.25) is 6.79 Å². The SMILES string of the molecule is C1=C/C(Nc2ccc3c(C4CCNCC4)c[nH]c3c2)=C\C=C\OCO\1. The Kier molecular flexibility index (Phi) is 4.74. The van der Waals surface area contributed by atoms with Gasteiger partial charge in [-0.3, -0.25) is 0 Å². The van der Waals surface area contributed by atoms with Crippen LogP contribution in [0, 0.1) is 0 Å². The molecule has 3 N–H and O–H groups in total. The molecule has 130 valence electrons. The molecule has 25 heavy (non-hydrogen) atoms. The lowest BCUT2D eigenvalue weighted by Crippen LogP contribution is -2.26. The first-order valence-corrected chi connectivity index (χ1v) is 8.75. The number of allylic oxidation sites excluding steroid dienone is 3. The highest BCUT2D eigenvalue weighted by atomic mass is 16.7. The second-order valence-corrected chi connectivity index (χ2v) is 6.36. The van der Waals surface area contributed by atoms with Crippen LogP contribution in [0.2, 0.25) is 0 Å². The molecule has 1 fully saturated rings. The van der Waals surface area contributed by atoms with E-state index in [0.717, 1.165) is 24.5 Å². The molecule has 1 aromatic carbocycles. The van der Waals surface area contributed by atoms with Gasteiger partial charge in [0.1, 0.15) is 0 Å². The van der Waals surface area contributed by atoms with E-state index in [0.29, 0.717) is 5.92 Å². The lowest BCUT2D eigenvalue weighted by molar-refractivity contribution is 0.0454. The first kappa shape index (κ1) is 15.8. The Bertz CT molecular complexity index is 813. The summed E-state index contributed by atoms with van der Waals surface area (Å²) in [5, 5.41) is 8.18. The minimum atomic E-state index is 0.224. The second kappa shape index (κ2) is 7.49. The molecule has 0 amide bonds. The summed E-state index contributed by atoms with van der Waals surface area (Å²) < 4.78 is 10.4. The summed E-state index contributed by atoms with van der Waals surface area (Å²) in [6, 6.07) is 6.49. The van der Waals surface area contributed by atoms with Crippen LogP contribution in [0.15, 0.2) is 60.8 Å². The third kappa shape index (κ3) is 3.72. The van der Waals surface area contributed by atoms with Gasteiger partial charge < -0.3 is 25.1 Å². The molecule has 3 heterocycles. The molecule has 2 aliphatic heterocycles. The van der Waals surface area contributed by atoms with E-state index in [2.05, 4.69) is 40.0 Å². The van der Waals surface area contributed by atoms with Crippen LogP contribution < -0.4 is 10.6 Å². The fourth-order valence-electron chi connectivity index (χ4n) is 3.44. The van der Waals surface area contributed by atoms with E-state index in [-0.39, 0.29) is 6.79 Å². The monoisotopic (exact) mass is 337 g/mol. The van der Waals surface area contributed by atoms with Crippen LogP contribution in [0.3, 0.4) is 0 Å². The van der Waals surface area contributed by atoms with Crippen molar-refractivity contribution in [1.82, 2.24) is 10.3 Å². The number of rotatable bonds is 3. The number of H-pyrrole nitrogens is 1. The number of nitrogens with one attached hydrogen (secondary N) is 3. The van der Waals surface area contributed by atoms with Crippen LogP contribution >= 0.6 is 0 Å². The van der Waals surface area contributed by atoms with E-state index in [4.69, 9.17) is 9.47 Å². The number of ether oxygens (including phenoxy) is 2. The quantitative estimate of drug-likeness (QED) is 0.793. The first-order chi connectivity index (χ1) is 12.4. The maximum Gasteiger partial charge on any atom is 0.229 e. The summed E-state index contributed by atoms with van der Waals surface area (Å²) >= 11 is 0. The molecule has 0 atom stereocenters. The highest BCUT2D eigenvalue weighted by Gasteiger charge is 2.18. The van der Waals surface area contributed by atoms with Crippen molar-refractivity contribution in [2.24, 2.45) is 0 Å². The Morgan fingerprint density at radius 1 is 1.08 bits per heavy atom. The summed E-state index contributed by atoms with van der Waals surface area (Å²) in [6.45, 7) is 2.44. The Morgan fingerprint density at radius 2 is 1.96 bits per heavy atom. The van der Waals surface area contributed by atoms with Crippen molar-refractivity contribution in [3.05, 3.63) is 66.4 Å². The predicted octanol–water partition coefficient (Wildman–Crippen LogP) is 3.96. The summed E-state index contributed by atoms with van der Waals surface area (Å²) in [5.41, 5.74) is 4.58. The van der Waals surface area contributed by atoms with Crippen LogP contribution in [0.4, 0.5) is 5.69 Å². The van der Waals surface area contributed by atoms with Crippen molar-refractivity contribution >= 4 is 16.6 Å². The van der Waals surface area contributed by atoms with Crippen molar-refractivity contribution in [3.8, 4) is 0 Å². The molecule has 0 saturated carbocycles. The van der Waals surface area contributed by atoms with Gasteiger partial charge in [-0.05, 0) is 67.8 Å².